The number of aromatic nitrogens is 4. The maximum atomic E-state index is 4.64. The van der Waals surface area contributed by atoms with Gasteiger partial charge in [-0.15, -0.1) is 21.5 Å². The third-order valence-corrected chi connectivity index (χ3v) is 4.90. The molecule has 0 spiro atoms. The van der Waals surface area contributed by atoms with Crippen LogP contribution in [0.3, 0.4) is 0 Å². The lowest BCUT2D eigenvalue weighted by atomic mass is 10.3. The van der Waals surface area contributed by atoms with Crippen molar-refractivity contribution in [1.29, 1.82) is 0 Å². The van der Waals surface area contributed by atoms with Crippen molar-refractivity contribution in [1.82, 2.24) is 19.7 Å². The van der Waals surface area contributed by atoms with Gasteiger partial charge in [-0.1, -0.05) is 36.9 Å². The Morgan fingerprint density at radius 3 is 2.90 bits per heavy atom. The second-order valence-electron chi connectivity index (χ2n) is 4.59. The lowest BCUT2D eigenvalue weighted by Crippen LogP contribution is -1.95. The van der Waals surface area contributed by atoms with Gasteiger partial charge in [0.05, 0.1) is 10.7 Å². The van der Waals surface area contributed by atoms with Crippen LogP contribution in [0, 0.1) is 0 Å². The van der Waals surface area contributed by atoms with E-state index in [0.29, 0.717) is 0 Å². The maximum absolute atomic E-state index is 4.64. The first-order valence-corrected chi connectivity index (χ1v) is 8.75. The second-order valence-corrected chi connectivity index (χ2v) is 6.48. The molecule has 3 rings (SSSR count). The van der Waals surface area contributed by atoms with E-state index >= 15 is 0 Å². The highest BCUT2D eigenvalue weighted by atomic mass is 32.2. The summed E-state index contributed by atoms with van der Waals surface area (Å²) >= 11 is 3.41. The minimum absolute atomic E-state index is 0.825. The van der Waals surface area contributed by atoms with Gasteiger partial charge >= 0.3 is 0 Å². The van der Waals surface area contributed by atoms with Gasteiger partial charge in [0.15, 0.2) is 5.16 Å². The molecule has 2 heterocycles. The fraction of sp³-hybridized carbons (Fsp3) is 0.267. The zero-order valence-electron chi connectivity index (χ0n) is 11.8. The molecule has 0 aliphatic rings. The van der Waals surface area contributed by atoms with Gasteiger partial charge in [0.1, 0.15) is 6.33 Å². The predicted molar refractivity (Wildman–Crippen MR) is 87.0 cm³/mol. The number of aryl methyl sites for hydroxylation is 1. The molecule has 0 unspecified atom stereocenters. The highest BCUT2D eigenvalue weighted by Crippen LogP contribution is 2.24. The molecule has 0 aliphatic carbocycles. The van der Waals surface area contributed by atoms with Crippen molar-refractivity contribution in [3.05, 3.63) is 52.7 Å². The SMILES string of the molecule is CCCc1nc(CSc2nncn2-c2ccccc2)cs1. The first kappa shape index (κ1) is 14.3. The molecule has 0 fully saturated rings. The summed E-state index contributed by atoms with van der Waals surface area (Å²) in [5, 5.41) is 12.5. The van der Waals surface area contributed by atoms with Crippen molar-refractivity contribution in [2.45, 2.75) is 30.7 Å². The lowest BCUT2D eigenvalue weighted by molar-refractivity contribution is 0.881. The quantitative estimate of drug-likeness (QED) is 0.645. The molecule has 1 aromatic carbocycles. The van der Waals surface area contributed by atoms with Crippen molar-refractivity contribution in [2.75, 3.05) is 0 Å². The molecular formula is C15H16N4S2. The van der Waals surface area contributed by atoms with Crippen LogP contribution in [-0.4, -0.2) is 19.7 Å². The smallest absolute Gasteiger partial charge is 0.195 e. The van der Waals surface area contributed by atoms with Crippen LogP contribution in [0.25, 0.3) is 5.69 Å². The zero-order chi connectivity index (χ0) is 14.5. The fourth-order valence-electron chi connectivity index (χ4n) is 1.97. The molecule has 0 atom stereocenters. The average Bonchev–Trinajstić information content (AvgIpc) is 3.15. The molecule has 0 saturated carbocycles. The summed E-state index contributed by atoms with van der Waals surface area (Å²) in [6.45, 7) is 2.18. The monoisotopic (exact) mass is 316 g/mol. The predicted octanol–water partition coefficient (Wildman–Crippen LogP) is 3.97. The third-order valence-electron chi connectivity index (χ3n) is 2.96. The van der Waals surface area contributed by atoms with E-state index in [0.717, 1.165) is 35.1 Å². The van der Waals surface area contributed by atoms with Gasteiger partial charge in [-0.05, 0) is 25.0 Å². The van der Waals surface area contributed by atoms with Crippen LogP contribution in [0.15, 0.2) is 47.2 Å². The molecule has 0 saturated heterocycles. The van der Waals surface area contributed by atoms with Crippen LogP contribution in [0.1, 0.15) is 24.0 Å². The molecule has 0 aliphatic heterocycles. The molecule has 0 N–H and O–H groups in total. The van der Waals surface area contributed by atoms with E-state index in [1.807, 2.05) is 22.8 Å². The van der Waals surface area contributed by atoms with Gasteiger partial charge in [-0.2, -0.15) is 0 Å². The minimum Gasteiger partial charge on any atom is -0.277 e. The fourth-order valence-corrected chi connectivity index (χ4v) is 3.80. The number of thiazole rings is 1. The summed E-state index contributed by atoms with van der Waals surface area (Å²) in [6, 6.07) is 10.1. The Kier molecular flexibility index (Phi) is 4.67. The number of para-hydroxylation sites is 1. The molecule has 2 aromatic heterocycles. The van der Waals surface area contributed by atoms with E-state index in [9.17, 15) is 0 Å². The lowest BCUT2D eigenvalue weighted by Gasteiger charge is -2.04. The summed E-state index contributed by atoms with van der Waals surface area (Å²) in [7, 11) is 0. The molecule has 0 bridgehead atoms. The van der Waals surface area contributed by atoms with Crippen molar-refractivity contribution in [3.63, 3.8) is 0 Å². The van der Waals surface area contributed by atoms with E-state index in [1.54, 1.807) is 29.4 Å². The highest BCUT2D eigenvalue weighted by molar-refractivity contribution is 7.98. The van der Waals surface area contributed by atoms with Crippen molar-refractivity contribution in [2.24, 2.45) is 0 Å². The van der Waals surface area contributed by atoms with Gasteiger partial charge in [0.25, 0.3) is 0 Å². The van der Waals surface area contributed by atoms with Crippen LogP contribution in [0.2, 0.25) is 0 Å². The van der Waals surface area contributed by atoms with Gasteiger partial charge in [-0.3, -0.25) is 4.57 Å². The van der Waals surface area contributed by atoms with E-state index < -0.39 is 0 Å². The first-order valence-electron chi connectivity index (χ1n) is 6.88. The molecular weight excluding hydrogens is 300 g/mol. The summed E-state index contributed by atoms with van der Waals surface area (Å²) in [4.78, 5) is 4.64. The Morgan fingerprint density at radius 1 is 1.24 bits per heavy atom. The van der Waals surface area contributed by atoms with Crippen LogP contribution < -0.4 is 0 Å². The van der Waals surface area contributed by atoms with Crippen LogP contribution in [0.5, 0.6) is 0 Å². The number of rotatable bonds is 6. The minimum atomic E-state index is 0.825. The summed E-state index contributed by atoms with van der Waals surface area (Å²) in [6.07, 6.45) is 3.96. The number of hydrogen-bond donors (Lipinski definition) is 0. The molecule has 3 aromatic rings. The van der Waals surface area contributed by atoms with Crippen LogP contribution in [0.4, 0.5) is 0 Å². The molecule has 4 nitrogen and oxygen atoms in total. The maximum Gasteiger partial charge on any atom is 0.195 e. The summed E-state index contributed by atoms with van der Waals surface area (Å²) < 4.78 is 2.00. The van der Waals surface area contributed by atoms with Crippen LogP contribution in [-0.2, 0) is 12.2 Å². The van der Waals surface area contributed by atoms with Gasteiger partial charge < -0.3 is 0 Å². The molecule has 0 radical (unpaired) electrons. The number of thioether (sulfide) groups is 1. The molecule has 108 valence electrons. The second kappa shape index (κ2) is 6.87. The Hall–Kier alpha value is -1.66. The Bertz CT molecular complexity index is 691. The van der Waals surface area contributed by atoms with Crippen molar-refractivity contribution in [3.8, 4) is 5.69 Å². The van der Waals surface area contributed by atoms with Gasteiger partial charge in [0.2, 0.25) is 0 Å². The topological polar surface area (TPSA) is 43.6 Å². The number of hydrogen-bond acceptors (Lipinski definition) is 5. The molecule has 0 amide bonds. The van der Waals surface area contributed by atoms with Crippen LogP contribution >= 0.6 is 23.1 Å². The third kappa shape index (κ3) is 3.51. The van der Waals surface area contributed by atoms with Crippen molar-refractivity contribution >= 4 is 23.1 Å². The van der Waals surface area contributed by atoms with Gasteiger partial charge in [0, 0.05) is 16.8 Å². The zero-order valence-corrected chi connectivity index (χ0v) is 13.4. The average molecular weight is 316 g/mol. The Balaban J connectivity index is 1.70. The van der Waals surface area contributed by atoms with Gasteiger partial charge in [-0.25, -0.2) is 4.98 Å². The van der Waals surface area contributed by atoms with E-state index in [-0.39, 0.29) is 0 Å². The number of benzene rings is 1. The van der Waals surface area contributed by atoms with E-state index in [1.165, 1.54) is 5.01 Å². The normalized spacial score (nSPS) is 10.9. The van der Waals surface area contributed by atoms with E-state index in [4.69, 9.17) is 0 Å². The highest BCUT2D eigenvalue weighted by Gasteiger charge is 2.08. The largest absolute Gasteiger partial charge is 0.277 e. The standard InChI is InChI=1S/C15H16N4S2/c1-2-6-14-17-12(9-20-14)10-21-15-18-16-11-19(15)13-7-4-3-5-8-13/h3-5,7-9,11H,2,6,10H2,1H3. The number of nitrogens with zero attached hydrogens (tertiary/aromatic N) is 4. The Morgan fingerprint density at radius 2 is 2.10 bits per heavy atom. The van der Waals surface area contributed by atoms with Crippen molar-refractivity contribution < 1.29 is 0 Å². The first-order chi connectivity index (χ1) is 10.4. The summed E-state index contributed by atoms with van der Waals surface area (Å²) in [5.41, 5.74) is 2.20. The summed E-state index contributed by atoms with van der Waals surface area (Å²) in [5.74, 6) is 0.825. The molecule has 21 heavy (non-hydrogen) atoms. The van der Waals surface area contributed by atoms with E-state index in [2.05, 4.69) is 39.6 Å². The molecule has 6 heteroatoms. The Labute approximate surface area is 132 Å².